The second kappa shape index (κ2) is 21.2. The highest BCUT2D eigenvalue weighted by Crippen LogP contribution is 2.29. The van der Waals surface area contributed by atoms with Crippen molar-refractivity contribution in [3.63, 3.8) is 0 Å². The maximum Gasteiger partial charge on any atom is 0.245 e. The number of aliphatic imine (C=N–C) groups is 2. The van der Waals surface area contributed by atoms with E-state index < -0.39 is 20.5 Å². The second-order valence-corrected chi connectivity index (χ2v) is 14.8. The molecule has 0 saturated heterocycles. The number of aromatic nitrogens is 2. The van der Waals surface area contributed by atoms with Gasteiger partial charge < -0.3 is 10.6 Å². The van der Waals surface area contributed by atoms with Crippen LogP contribution in [-0.2, 0) is 12.8 Å². The van der Waals surface area contributed by atoms with Crippen molar-refractivity contribution in [3.05, 3.63) is 192 Å². The molecule has 0 amide bonds. The molecule has 1 aliphatic heterocycles. The van der Waals surface area contributed by atoms with Crippen LogP contribution in [0.4, 0.5) is 22.7 Å². The van der Waals surface area contributed by atoms with Crippen LogP contribution in [0.1, 0.15) is 33.4 Å². The lowest BCUT2D eigenvalue weighted by Crippen LogP contribution is -2.68. The van der Waals surface area contributed by atoms with Crippen molar-refractivity contribution in [2.75, 3.05) is 10.6 Å². The van der Waals surface area contributed by atoms with E-state index >= 15 is 0 Å². The molecule has 14 nitrogen and oxygen atoms in total. The van der Waals surface area contributed by atoms with Crippen molar-refractivity contribution < 1.29 is 66.9 Å². The summed E-state index contributed by atoms with van der Waals surface area (Å²) in [5.41, 5.74) is 12.5. The molecule has 0 atom stereocenters. The van der Waals surface area contributed by atoms with Crippen LogP contribution in [0.2, 0.25) is 0 Å². The summed E-state index contributed by atoms with van der Waals surface area (Å²) in [4.78, 5) is 10.0. The number of nitrogens with one attached hydrogen (secondary N) is 2. The standard InChI is InChI=1S/C44H40N6.2ClHO4/c1-33-13-15-41-43(25-33)47-31-40(50-23-19-38(20-24-50)28-36-11-7-4-8-12-36)32-48-44-26-34(2)14-16-42(44)46-30-39(29-45-41)49-21-17-37(18-22-49)27-35-9-5-3-6-10-35;2*2-1(3,4)5/h3-26,29-32,45,48H,27-28H2,1-2H3;2*(H,2,3,4,5)/q+2;;/p-2/b39-29+,40-32+,46-30?,47-31?;;. The number of allylic oxidation sites excluding steroid dienone is 2. The van der Waals surface area contributed by atoms with Gasteiger partial charge in [-0.3, -0.25) is 0 Å². The molecule has 3 heterocycles. The summed E-state index contributed by atoms with van der Waals surface area (Å²) in [6.45, 7) is 4.17. The van der Waals surface area contributed by atoms with E-state index in [1.165, 1.54) is 22.3 Å². The highest BCUT2D eigenvalue weighted by atomic mass is 35.7. The highest BCUT2D eigenvalue weighted by molar-refractivity contribution is 6.02. The number of fused-ring (bicyclic) bond motifs is 2. The van der Waals surface area contributed by atoms with E-state index in [0.717, 1.165) is 58.1 Å². The molecular formula is C44H40Cl2N6O8. The number of rotatable bonds is 6. The fraction of sp³-hybridized carbons (Fsp3) is 0.0909. The molecule has 0 fully saturated rings. The van der Waals surface area contributed by atoms with Crippen LogP contribution < -0.4 is 57.0 Å². The van der Waals surface area contributed by atoms with E-state index in [1.54, 1.807) is 0 Å². The fourth-order valence-corrected chi connectivity index (χ4v) is 5.84. The van der Waals surface area contributed by atoms with E-state index in [2.05, 4.69) is 168 Å². The number of nitrogens with zero attached hydrogens (tertiary/aromatic N) is 4. The molecule has 0 aliphatic carbocycles. The van der Waals surface area contributed by atoms with Crippen LogP contribution in [0, 0.1) is 34.3 Å². The van der Waals surface area contributed by atoms with Crippen molar-refractivity contribution in [2.45, 2.75) is 26.7 Å². The quantitative estimate of drug-likeness (QED) is 0.204. The van der Waals surface area contributed by atoms with E-state index in [9.17, 15) is 0 Å². The highest BCUT2D eigenvalue weighted by Gasteiger charge is 2.14. The first-order valence-electron chi connectivity index (χ1n) is 18.1. The average molecular weight is 852 g/mol. The molecule has 16 heteroatoms. The Labute approximate surface area is 351 Å². The van der Waals surface area contributed by atoms with Crippen molar-refractivity contribution in [1.29, 1.82) is 0 Å². The van der Waals surface area contributed by atoms with Gasteiger partial charge in [0.1, 0.15) is 12.4 Å². The lowest BCUT2D eigenvalue weighted by atomic mass is 10.1. The Bertz CT molecular complexity index is 2410. The van der Waals surface area contributed by atoms with Gasteiger partial charge in [0.15, 0.2) is 24.8 Å². The monoisotopic (exact) mass is 850 g/mol. The van der Waals surface area contributed by atoms with Gasteiger partial charge >= 0.3 is 0 Å². The summed E-state index contributed by atoms with van der Waals surface area (Å²) in [6.07, 6.45) is 17.9. The van der Waals surface area contributed by atoms with E-state index in [-0.39, 0.29) is 0 Å². The second-order valence-electron chi connectivity index (χ2n) is 13.3. The maximum atomic E-state index is 8.49. The van der Waals surface area contributed by atoms with Gasteiger partial charge in [-0.05, 0) is 84.3 Å². The van der Waals surface area contributed by atoms with Crippen LogP contribution in [0.25, 0.3) is 11.4 Å². The smallest absolute Gasteiger partial charge is 0.245 e. The number of aryl methyl sites for hydroxylation is 2. The third-order valence-electron chi connectivity index (χ3n) is 8.62. The maximum absolute atomic E-state index is 8.49. The van der Waals surface area contributed by atoms with Crippen LogP contribution in [0.3, 0.4) is 0 Å². The van der Waals surface area contributed by atoms with Gasteiger partial charge in [-0.1, -0.05) is 72.8 Å². The molecular weight excluding hydrogens is 811 g/mol. The first kappa shape index (κ1) is 45.0. The van der Waals surface area contributed by atoms with Crippen LogP contribution in [-0.4, -0.2) is 12.4 Å². The Kier molecular flexibility index (Phi) is 15.9. The van der Waals surface area contributed by atoms with Gasteiger partial charge in [0.05, 0.1) is 35.1 Å². The minimum Gasteiger partial charge on any atom is -0.354 e. The summed E-state index contributed by atoms with van der Waals surface area (Å²) >= 11 is 0. The van der Waals surface area contributed by atoms with E-state index in [4.69, 9.17) is 47.3 Å². The third kappa shape index (κ3) is 15.9. The van der Waals surface area contributed by atoms with Crippen LogP contribution >= 0.6 is 0 Å². The lowest BCUT2D eigenvalue weighted by molar-refractivity contribution is -2.00. The number of benzene rings is 4. The van der Waals surface area contributed by atoms with E-state index in [1.807, 2.05) is 37.0 Å². The summed E-state index contributed by atoms with van der Waals surface area (Å²) in [5, 5.41) is 7.09. The number of pyridine rings is 2. The summed E-state index contributed by atoms with van der Waals surface area (Å²) in [5.74, 6) is 0. The lowest BCUT2D eigenvalue weighted by Gasteiger charge is -2.17. The first-order valence-corrected chi connectivity index (χ1v) is 20.6. The summed E-state index contributed by atoms with van der Waals surface area (Å²) in [7, 11) is -9.89. The normalized spacial score (nSPS) is 14.4. The van der Waals surface area contributed by atoms with Gasteiger partial charge in [0.25, 0.3) is 0 Å². The zero-order valence-corrected chi connectivity index (χ0v) is 33.9. The molecule has 4 aromatic carbocycles. The number of anilines is 2. The van der Waals surface area contributed by atoms with Gasteiger partial charge in [0.2, 0.25) is 11.4 Å². The minimum absolute atomic E-state index is 0.826. The first-order chi connectivity index (χ1) is 28.6. The molecule has 2 N–H and O–H groups in total. The van der Waals surface area contributed by atoms with Gasteiger partial charge in [0, 0.05) is 24.3 Å². The summed E-state index contributed by atoms with van der Waals surface area (Å²) in [6, 6.07) is 42.2. The Balaban J connectivity index is 0.000000613. The fourth-order valence-electron chi connectivity index (χ4n) is 5.84. The Morgan fingerprint density at radius 2 is 0.833 bits per heavy atom. The summed E-state index contributed by atoms with van der Waals surface area (Å²) < 4.78 is 72.1. The Morgan fingerprint density at radius 3 is 1.30 bits per heavy atom. The molecule has 308 valence electrons. The molecule has 0 bridgehead atoms. The van der Waals surface area contributed by atoms with Gasteiger partial charge in [-0.2, -0.15) is 9.13 Å². The van der Waals surface area contributed by atoms with Crippen molar-refractivity contribution >= 4 is 46.6 Å². The van der Waals surface area contributed by atoms with Crippen LogP contribution in [0.5, 0.6) is 0 Å². The average Bonchev–Trinajstić information content (AvgIpc) is 3.19. The molecule has 0 saturated carbocycles. The molecule has 2 aromatic heterocycles. The predicted octanol–water partition coefficient (Wildman–Crippen LogP) is -0.513. The molecule has 0 unspecified atom stereocenters. The number of hydrogen-bond acceptors (Lipinski definition) is 12. The molecule has 0 radical (unpaired) electrons. The molecule has 6 aromatic rings. The number of hydrogen-bond donors (Lipinski definition) is 2. The largest absolute Gasteiger partial charge is 0.354 e. The van der Waals surface area contributed by atoms with E-state index in [0.29, 0.717) is 0 Å². The predicted molar refractivity (Wildman–Crippen MR) is 206 cm³/mol. The molecule has 0 spiro atoms. The van der Waals surface area contributed by atoms with Crippen LogP contribution in [0.15, 0.2) is 168 Å². The zero-order valence-electron chi connectivity index (χ0n) is 32.4. The van der Waals surface area contributed by atoms with Crippen molar-refractivity contribution in [3.8, 4) is 0 Å². The number of halogens is 2. The third-order valence-corrected chi connectivity index (χ3v) is 8.62. The zero-order chi connectivity index (χ0) is 43.1. The van der Waals surface area contributed by atoms with Gasteiger partial charge in [-0.25, -0.2) is 47.3 Å². The molecule has 60 heavy (non-hydrogen) atoms. The topological polar surface area (TPSA) is 241 Å². The Hall–Kier alpha value is -6.14. The molecule has 7 rings (SSSR count). The van der Waals surface area contributed by atoms with Gasteiger partial charge in [-0.15, -0.1) is 20.5 Å². The van der Waals surface area contributed by atoms with Crippen molar-refractivity contribution in [1.82, 2.24) is 0 Å². The Morgan fingerprint density at radius 1 is 0.450 bits per heavy atom. The minimum atomic E-state index is -4.94. The van der Waals surface area contributed by atoms with Crippen molar-refractivity contribution in [2.24, 2.45) is 9.98 Å². The SMILES string of the molecule is Cc1ccc2c(c1)N=C/C([n+]1ccc(Cc3ccccc3)cc1)=C\Nc1cc(C)ccc1N=C/C([n+]1ccc(Cc3ccccc3)cc1)=C\N2.[O-][Cl+3]([O-])([O-])[O-].[O-][Cl+3]([O-])([O-])[O-]. The molecule has 1 aliphatic rings.